The van der Waals surface area contributed by atoms with E-state index in [4.69, 9.17) is 4.74 Å². The van der Waals surface area contributed by atoms with E-state index in [0.29, 0.717) is 0 Å². The SMILES string of the molecule is CCNCc1cc(N2CC(C)(C)OC(C)(C)C2)ccn1. The largest absolute Gasteiger partial charge is 0.366 e. The van der Waals surface area contributed by atoms with Crippen LogP contribution in [-0.4, -0.2) is 35.8 Å². The van der Waals surface area contributed by atoms with Crippen LogP contribution in [0.2, 0.25) is 0 Å². The van der Waals surface area contributed by atoms with Crippen molar-refractivity contribution >= 4 is 5.69 Å². The fourth-order valence-electron chi connectivity index (χ4n) is 2.98. The van der Waals surface area contributed by atoms with Crippen molar-refractivity contribution in [1.82, 2.24) is 10.3 Å². The zero-order valence-electron chi connectivity index (χ0n) is 13.4. The molecule has 2 rings (SSSR count). The first-order valence-corrected chi connectivity index (χ1v) is 7.42. The number of anilines is 1. The molecule has 1 N–H and O–H groups in total. The van der Waals surface area contributed by atoms with E-state index >= 15 is 0 Å². The number of aromatic nitrogens is 1. The number of morpholine rings is 1. The summed E-state index contributed by atoms with van der Waals surface area (Å²) in [6, 6.07) is 4.27. The number of hydrogen-bond acceptors (Lipinski definition) is 4. The van der Waals surface area contributed by atoms with Crippen LogP contribution in [0.25, 0.3) is 0 Å². The first-order chi connectivity index (χ1) is 9.31. The molecule has 4 nitrogen and oxygen atoms in total. The van der Waals surface area contributed by atoms with Gasteiger partial charge in [0.2, 0.25) is 0 Å². The van der Waals surface area contributed by atoms with Crippen molar-refractivity contribution in [3.05, 3.63) is 24.0 Å². The Morgan fingerprint density at radius 2 is 1.90 bits per heavy atom. The van der Waals surface area contributed by atoms with E-state index in [9.17, 15) is 0 Å². The Kier molecular flexibility index (Phi) is 4.35. The second kappa shape index (κ2) is 5.70. The first kappa shape index (κ1) is 15.3. The second-order valence-electron chi connectivity index (χ2n) is 6.76. The van der Waals surface area contributed by atoms with Gasteiger partial charge in [0.25, 0.3) is 0 Å². The number of hydrogen-bond donors (Lipinski definition) is 1. The Balaban J connectivity index is 2.18. The lowest BCUT2D eigenvalue weighted by atomic mass is 9.98. The minimum atomic E-state index is -0.132. The van der Waals surface area contributed by atoms with Crippen molar-refractivity contribution in [1.29, 1.82) is 0 Å². The fourth-order valence-corrected chi connectivity index (χ4v) is 2.98. The molecule has 112 valence electrons. The molecule has 0 aliphatic carbocycles. The molecule has 1 aromatic heterocycles. The standard InChI is InChI=1S/C16H27N3O/c1-6-17-10-13-9-14(7-8-18-13)19-11-15(2,3)20-16(4,5)12-19/h7-9,17H,6,10-12H2,1-5H3. The summed E-state index contributed by atoms with van der Waals surface area (Å²) in [5.41, 5.74) is 2.06. The van der Waals surface area contributed by atoms with Crippen LogP contribution in [-0.2, 0) is 11.3 Å². The molecule has 1 saturated heterocycles. The molecule has 2 heterocycles. The average molecular weight is 277 g/mol. The lowest BCUT2D eigenvalue weighted by Crippen LogP contribution is -2.57. The predicted octanol–water partition coefficient (Wildman–Crippen LogP) is 2.58. The van der Waals surface area contributed by atoms with Gasteiger partial charge < -0.3 is 15.0 Å². The number of rotatable bonds is 4. The van der Waals surface area contributed by atoms with E-state index in [2.05, 4.69) is 62.0 Å². The summed E-state index contributed by atoms with van der Waals surface area (Å²) in [7, 11) is 0. The topological polar surface area (TPSA) is 37.4 Å². The van der Waals surface area contributed by atoms with Crippen molar-refractivity contribution in [2.75, 3.05) is 24.5 Å². The second-order valence-corrected chi connectivity index (χ2v) is 6.76. The van der Waals surface area contributed by atoms with Gasteiger partial charge in [-0.25, -0.2) is 0 Å². The van der Waals surface area contributed by atoms with Crippen LogP contribution in [0, 0.1) is 0 Å². The van der Waals surface area contributed by atoms with Gasteiger partial charge in [-0.2, -0.15) is 0 Å². The third-order valence-corrected chi connectivity index (χ3v) is 3.42. The Hall–Kier alpha value is -1.13. The zero-order chi connectivity index (χ0) is 14.8. The summed E-state index contributed by atoms with van der Waals surface area (Å²) in [4.78, 5) is 6.83. The Morgan fingerprint density at radius 1 is 1.25 bits per heavy atom. The van der Waals surface area contributed by atoms with Crippen molar-refractivity contribution in [2.45, 2.75) is 52.4 Å². The van der Waals surface area contributed by atoms with Gasteiger partial charge in [-0.3, -0.25) is 4.98 Å². The number of ether oxygens (including phenoxy) is 1. The van der Waals surface area contributed by atoms with E-state index in [0.717, 1.165) is 31.9 Å². The normalized spacial score (nSPS) is 20.9. The molecular formula is C16H27N3O. The molecule has 20 heavy (non-hydrogen) atoms. The molecule has 0 unspecified atom stereocenters. The van der Waals surface area contributed by atoms with Crippen molar-refractivity contribution in [3.8, 4) is 0 Å². The van der Waals surface area contributed by atoms with Gasteiger partial charge in [0.1, 0.15) is 0 Å². The lowest BCUT2D eigenvalue weighted by Gasteiger charge is -2.48. The minimum Gasteiger partial charge on any atom is -0.366 e. The smallest absolute Gasteiger partial charge is 0.0808 e. The highest BCUT2D eigenvalue weighted by molar-refractivity contribution is 5.48. The maximum atomic E-state index is 6.14. The Morgan fingerprint density at radius 3 is 2.50 bits per heavy atom. The summed E-state index contributed by atoms with van der Waals surface area (Å²) < 4.78 is 6.14. The predicted molar refractivity (Wildman–Crippen MR) is 83.1 cm³/mol. The molecule has 0 saturated carbocycles. The third kappa shape index (κ3) is 3.93. The molecule has 0 radical (unpaired) electrons. The molecular weight excluding hydrogens is 250 g/mol. The van der Waals surface area contributed by atoms with Crippen molar-refractivity contribution in [2.24, 2.45) is 0 Å². The van der Waals surface area contributed by atoms with E-state index < -0.39 is 0 Å². The van der Waals surface area contributed by atoms with Crippen LogP contribution < -0.4 is 10.2 Å². The molecule has 4 heteroatoms. The van der Waals surface area contributed by atoms with Crippen LogP contribution in [0.4, 0.5) is 5.69 Å². The minimum absolute atomic E-state index is 0.132. The molecule has 0 atom stereocenters. The third-order valence-electron chi connectivity index (χ3n) is 3.42. The van der Waals surface area contributed by atoms with Crippen LogP contribution >= 0.6 is 0 Å². The Labute approximate surface area is 122 Å². The molecule has 0 bridgehead atoms. The van der Waals surface area contributed by atoms with E-state index in [1.54, 1.807) is 0 Å². The van der Waals surface area contributed by atoms with Crippen molar-refractivity contribution in [3.63, 3.8) is 0 Å². The lowest BCUT2D eigenvalue weighted by molar-refractivity contribution is -0.133. The number of pyridine rings is 1. The number of nitrogens with zero attached hydrogens (tertiary/aromatic N) is 2. The summed E-state index contributed by atoms with van der Waals surface area (Å²) in [5.74, 6) is 0. The van der Waals surface area contributed by atoms with Gasteiger partial charge in [-0.1, -0.05) is 6.92 Å². The molecule has 0 aromatic carbocycles. The first-order valence-electron chi connectivity index (χ1n) is 7.42. The maximum absolute atomic E-state index is 6.14. The molecule has 1 aromatic rings. The highest BCUT2D eigenvalue weighted by Crippen LogP contribution is 2.31. The van der Waals surface area contributed by atoms with Gasteiger partial charge >= 0.3 is 0 Å². The fraction of sp³-hybridized carbons (Fsp3) is 0.688. The quantitative estimate of drug-likeness (QED) is 0.918. The average Bonchev–Trinajstić information content (AvgIpc) is 2.33. The molecule has 1 fully saturated rings. The summed E-state index contributed by atoms with van der Waals surface area (Å²) >= 11 is 0. The van der Waals surface area contributed by atoms with Crippen molar-refractivity contribution < 1.29 is 4.74 Å². The molecule has 0 spiro atoms. The highest BCUT2D eigenvalue weighted by Gasteiger charge is 2.38. The molecule has 0 amide bonds. The monoisotopic (exact) mass is 277 g/mol. The van der Waals surface area contributed by atoms with Gasteiger partial charge in [-0.15, -0.1) is 0 Å². The van der Waals surface area contributed by atoms with Crippen LogP contribution in [0.1, 0.15) is 40.3 Å². The Bertz CT molecular complexity index is 441. The van der Waals surface area contributed by atoms with Gasteiger partial charge in [-0.05, 0) is 46.4 Å². The van der Waals surface area contributed by atoms with Crippen LogP contribution in [0.15, 0.2) is 18.3 Å². The van der Waals surface area contributed by atoms with Crippen LogP contribution in [0.3, 0.4) is 0 Å². The summed E-state index contributed by atoms with van der Waals surface area (Å²) in [5, 5.41) is 3.32. The van der Waals surface area contributed by atoms with Gasteiger partial charge in [0.15, 0.2) is 0 Å². The maximum Gasteiger partial charge on any atom is 0.0808 e. The molecule has 1 aliphatic rings. The van der Waals surface area contributed by atoms with Gasteiger partial charge in [0.05, 0.1) is 16.9 Å². The van der Waals surface area contributed by atoms with E-state index in [1.807, 2.05) is 6.20 Å². The zero-order valence-corrected chi connectivity index (χ0v) is 13.4. The van der Waals surface area contributed by atoms with Gasteiger partial charge in [0, 0.05) is 31.5 Å². The number of nitrogens with one attached hydrogen (secondary N) is 1. The summed E-state index contributed by atoms with van der Waals surface area (Å²) in [6.45, 7) is 14.3. The summed E-state index contributed by atoms with van der Waals surface area (Å²) in [6.07, 6.45) is 1.90. The van der Waals surface area contributed by atoms with Crippen LogP contribution in [0.5, 0.6) is 0 Å². The molecule has 1 aliphatic heterocycles. The van der Waals surface area contributed by atoms with E-state index in [1.165, 1.54) is 5.69 Å². The highest BCUT2D eigenvalue weighted by atomic mass is 16.5. The van der Waals surface area contributed by atoms with E-state index in [-0.39, 0.29) is 11.2 Å².